The van der Waals surface area contributed by atoms with Crippen LogP contribution in [-0.2, 0) is 0 Å². The molecule has 0 saturated carbocycles. The van der Waals surface area contributed by atoms with Crippen LogP contribution in [-0.4, -0.2) is 16.7 Å². The van der Waals surface area contributed by atoms with Gasteiger partial charge in [0.1, 0.15) is 17.6 Å². The third-order valence-electron chi connectivity index (χ3n) is 5.66. The van der Waals surface area contributed by atoms with Crippen LogP contribution in [0.15, 0.2) is 72.8 Å². The van der Waals surface area contributed by atoms with Gasteiger partial charge in [0.05, 0.1) is 0 Å². The van der Waals surface area contributed by atoms with Crippen LogP contribution in [0.1, 0.15) is 5.69 Å². The van der Waals surface area contributed by atoms with Crippen LogP contribution < -0.4 is 26.0 Å². The van der Waals surface area contributed by atoms with Gasteiger partial charge in [0.2, 0.25) is 11.5 Å². The van der Waals surface area contributed by atoms with Gasteiger partial charge in [0.25, 0.3) is 6.71 Å². The van der Waals surface area contributed by atoms with Gasteiger partial charge in [-0.05, 0) is 40.7 Å². The van der Waals surface area contributed by atoms with Crippen molar-refractivity contribution in [2.24, 2.45) is 0 Å². The first-order chi connectivity index (χ1) is 15.3. The van der Waals surface area contributed by atoms with Gasteiger partial charge in [-0.25, -0.2) is 0 Å². The predicted octanol–water partition coefficient (Wildman–Crippen LogP) is 3.30. The molecule has 0 amide bonds. The monoisotopic (exact) mass is 397 g/mol. The Morgan fingerprint density at radius 2 is 1.65 bits per heavy atom. The first kappa shape index (κ1) is 17.3. The zero-order valence-corrected chi connectivity index (χ0v) is 16.1. The summed E-state index contributed by atoms with van der Waals surface area (Å²) in [5, 5.41) is 9.43. The van der Waals surface area contributed by atoms with E-state index in [9.17, 15) is 5.26 Å². The number of hydrogen-bond donors (Lipinski definition) is 0. The van der Waals surface area contributed by atoms with E-state index in [-0.39, 0.29) is 18.4 Å². The lowest BCUT2D eigenvalue weighted by Gasteiger charge is -2.38. The topological polar surface area (TPSA) is 66.4 Å². The molecule has 0 unspecified atom stereocenters. The molecule has 0 spiro atoms. The van der Waals surface area contributed by atoms with Crippen molar-refractivity contribution in [3.8, 4) is 17.6 Å². The van der Waals surface area contributed by atoms with Crippen molar-refractivity contribution in [3.63, 3.8) is 0 Å². The molecule has 0 aliphatic carbocycles. The van der Waals surface area contributed by atoms with Crippen LogP contribution >= 0.6 is 0 Å². The van der Waals surface area contributed by atoms with Gasteiger partial charge in [0.15, 0.2) is 0 Å². The average molecular weight is 397 g/mol. The summed E-state index contributed by atoms with van der Waals surface area (Å²) in [7, 11) is 0. The van der Waals surface area contributed by atoms with Gasteiger partial charge in [-0.15, -0.1) is 16.5 Å². The van der Waals surface area contributed by atoms with Crippen molar-refractivity contribution in [1.82, 2.24) is 9.97 Å². The standard InChI is InChI=1S/C24H12BN5O/c1-27-24-28-15(14-26)13-22(29-24)30-18-9-4-2-7-16(18)25-17-8-3-5-11-20(17)31-21-12-6-10-19(30)23(21)25/h2-13H. The van der Waals surface area contributed by atoms with Crippen LogP contribution in [0, 0.1) is 17.9 Å². The highest BCUT2D eigenvalue weighted by Gasteiger charge is 2.42. The lowest BCUT2D eigenvalue weighted by molar-refractivity contribution is 0.487. The van der Waals surface area contributed by atoms with Crippen LogP contribution in [0.3, 0.4) is 0 Å². The van der Waals surface area contributed by atoms with Gasteiger partial charge >= 0.3 is 5.95 Å². The first-order valence-electron chi connectivity index (χ1n) is 9.74. The number of hydrogen-bond acceptors (Lipinski definition) is 5. The van der Waals surface area contributed by atoms with Crippen molar-refractivity contribution in [2.75, 3.05) is 4.90 Å². The lowest BCUT2D eigenvalue weighted by atomic mass is 9.34. The van der Waals surface area contributed by atoms with E-state index in [1.165, 1.54) is 0 Å². The van der Waals surface area contributed by atoms with E-state index in [1.54, 1.807) is 6.07 Å². The summed E-state index contributed by atoms with van der Waals surface area (Å²) in [5.41, 5.74) is 5.28. The Bertz CT molecular complexity index is 1440. The maximum atomic E-state index is 9.43. The van der Waals surface area contributed by atoms with Crippen LogP contribution in [0.2, 0.25) is 0 Å². The fraction of sp³-hybridized carbons (Fsp3) is 0. The summed E-state index contributed by atoms with van der Waals surface area (Å²) in [6.45, 7) is 7.37. The molecule has 2 aliphatic rings. The summed E-state index contributed by atoms with van der Waals surface area (Å²) in [4.78, 5) is 13.8. The molecule has 0 bridgehead atoms. The Morgan fingerprint density at radius 1 is 0.903 bits per heavy atom. The van der Waals surface area contributed by atoms with Gasteiger partial charge in [-0.2, -0.15) is 5.26 Å². The smallest absolute Gasteiger partial charge is 0.374 e. The number of anilines is 3. The number of para-hydroxylation sites is 2. The molecule has 1 aromatic heterocycles. The van der Waals surface area contributed by atoms with Crippen molar-refractivity contribution in [2.45, 2.75) is 0 Å². The highest BCUT2D eigenvalue weighted by atomic mass is 16.5. The van der Waals surface area contributed by atoms with E-state index in [0.29, 0.717) is 5.82 Å². The fourth-order valence-electron chi connectivity index (χ4n) is 4.47. The van der Waals surface area contributed by atoms with E-state index in [4.69, 9.17) is 11.3 Å². The predicted molar refractivity (Wildman–Crippen MR) is 119 cm³/mol. The number of nitrogens with zero attached hydrogens (tertiary/aromatic N) is 5. The first-order valence-corrected chi connectivity index (χ1v) is 9.74. The second-order valence-corrected chi connectivity index (χ2v) is 7.29. The molecule has 0 saturated heterocycles. The Morgan fingerprint density at radius 3 is 2.48 bits per heavy atom. The highest BCUT2D eigenvalue weighted by molar-refractivity contribution is 6.99. The van der Waals surface area contributed by atoms with Gasteiger partial charge < -0.3 is 9.58 Å². The maximum absolute atomic E-state index is 9.43. The molecule has 142 valence electrons. The Balaban J connectivity index is 1.68. The van der Waals surface area contributed by atoms with Crippen molar-refractivity contribution < 1.29 is 4.74 Å². The van der Waals surface area contributed by atoms with Gasteiger partial charge in [-0.3, -0.25) is 4.90 Å². The number of nitriles is 1. The molecular weight excluding hydrogens is 385 g/mol. The third kappa shape index (κ3) is 2.44. The molecule has 2 aliphatic heterocycles. The fourth-order valence-corrected chi connectivity index (χ4v) is 4.47. The quantitative estimate of drug-likeness (QED) is 0.315. The summed E-state index contributed by atoms with van der Waals surface area (Å²) < 4.78 is 6.25. The van der Waals surface area contributed by atoms with E-state index >= 15 is 0 Å². The Kier molecular flexibility index (Phi) is 3.59. The molecule has 6 rings (SSSR count). The van der Waals surface area contributed by atoms with Gasteiger partial charge in [-0.1, -0.05) is 42.5 Å². The second kappa shape index (κ2) is 6.45. The maximum Gasteiger partial charge on any atom is 0.374 e. The SMILES string of the molecule is [C-]#[N+]c1nc(C#N)cc(N2c3ccccc3B3c4ccccc4Oc4cccc2c43)n1. The summed E-state index contributed by atoms with van der Waals surface area (Å²) in [5.74, 6) is 2.07. The number of aromatic nitrogens is 2. The van der Waals surface area contributed by atoms with Crippen molar-refractivity contribution in [3.05, 3.63) is 89.9 Å². The van der Waals surface area contributed by atoms with E-state index in [1.807, 2.05) is 65.6 Å². The highest BCUT2D eigenvalue weighted by Crippen LogP contribution is 2.39. The molecular formula is C24H12BN5O. The van der Waals surface area contributed by atoms with E-state index in [2.05, 4.69) is 26.9 Å². The number of benzene rings is 3. The molecule has 4 aromatic rings. The lowest BCUT2D eigenvalue weighted by Crippen LogP contribution is -2.59. The minimum Gasteiger partial charge on any atom is -0.458 e. The summed E-state index contributed by atoms with van der Waals surface area (Å²) >= 11 is 0. The van der Waals surface area contributed by atoms with Crippen LogP contribution in [0.25, 0.3) is 4.85 Å². The zero-order valence-electron chi connectivity index (χ0n) is 16.1. The van der Waals surface area contributed by atoms with E-state index < -0.39 is 0 Å². The molecule has 6 nitrogen and oxygen atoms in total. The van der Waals surface area contributed by atoms with Crippen LogP contribution in [0.4, 0.5) is 23.1 Å². The largest absolute Gasteiger partial charge is 0.458 e. The Labute approximate surface area is 178 Å². The van der Waals surface area contributed by atoms with Crippen molar-refractivity contribution in [1.29, 1.82) is 5.26 Å². The van der Waals surface area contributed by atoms with Gasteiger partial charge in [0, 0.05) is 17.4 Å². The normalized spacial score (nSPS) is 12.6. The molecule has 0 fully saturated rings. The Hall–Kier alpha value is -4.62. The summed E-state index contributed by atoms with van der Waals surface area (Å²) in [6, 6.07) is 25.8. The molecule has 0 atom stereocenters. The second-order valence-electron chi connectivity index (χ2n) is 7.29. The summed E-state index contributed by atoms with van der Waals surface area (Å²) in [6.07, 6.45) is 0. The number of rotatable bonds is 1. The minimum atomic E-state index is -0.0555. The third-order valence-corrected chi connectivity index (χ3v) is 5.66. The molecule has 3 heterocycles. The molecule has 7 heteroatoms. The molecule has 3 aromatic carbocycles. The molecule has 0 radical (unpaired) electrons. The van der Waals surface area contributed by atoms with Crippen LogP contribution in [0.5, 0.6) is 11.5 Å². The molecule has 31 heavy (non-hydrogen) atoms. The molecule has 0 N–H and O–H groups in total. The van der Waals surface area contributed by atoms with E-state index in [0.717, 1.165) is 39.3 Å². The average Bonchev–Trinajstić information content (AvgIpc) is 2.83. The van der Waals surface area contributed by atoms with Crippen molar-refractivity contribution >= 4 is 46.2 Å². The zero-order chi connectivity index (χ0) is 20.9. The number of fused-ring (bicyclic) bond motifs is 4. The minimum absolute atomic E-state index is 0.0150. The number of ether oxygens (including phenoxy) is 1.